The number of ether oxygens (including phenoxy) is 1. The number of aryl methyl sites for hydroxylation is 2. The highest BCUT2D eigenvalue weighted by atomic mass is 19.1. The van der Waals surface area contributed by atoms with Crippen LogP contribution in [0.2, 0.25) is 0 Å². The van der Waals surface area contributed by atoms with Gasteiger partial charge in [-0.15, -0.1) is 0 Å². The predicted octanol–water partition coefficient (Wildman–Crippen LogP) is 2.63. The van der Waals surface area contributed by atoms with Gasteiger partial charge in [0.1, 0.15) is 11.6 Å². The van der Waals surface area contributed by atoms with Gasteiger partial charge in [0.15, 0.2) is 0 Å². The summed E-state index contributed by atoms with van der Waals surface area (Å²) >= 11 is 0. The van der Waals surface area contributed by atoms with Crippen LogP contribution in [0.25, 0.3) is 11.3 Å². The number of carbonyl (C=O) groups excluding carboxylic acids is 1. The molecule has 0 amide bonds. The summed E-state index contributed by atoms with van der Waals surface area (Å²) in [7, 11) is 1.70. The highest BCUT2D eigenvalue weighted by Gasteiger charge is 2.17. The lowest BCUT2D eigenvalue weighted by molar-refractivity contribution is -0.128. The van der Waals surface area contributed by atoms with Gasteiger partial charge in [0, 0.05) is 13.1 Å². The van der Waals surface area contributed by atoms with E-state index in [1.807, 2.05) is 0 Å². The van der Waals surface area contributed by atoms with Gasteiger partial charge < -0.3 is 4.74 Å². The van der Waals surface area contributed by atoms with Gasteiger partial charge in [-0.2, -0.15) is 5.10 Å². The van der Waals surface area contributed by atoms with Gasteiger partial charge in [0.05, 0.1) is 17.0 Å². The molecule has 1 aromatic carbocycles. The van der Waals surface area contributed by atoms with Crippen LogP contribution in [0.1, 0.15) is 5.69 Å². The third kappa shape index (κ3) is 2.54. The second kappa shape index (κ2) is 5.06. The maximum Gasteiger partial charge on any atom is 0.335 e. The molecule has 0 radical (unpaired) electrons. The molecule has 1 heterocycles. The zero-order valence-electron chi connectivity index (χ0n) is 10.7. The predicted molar refractivity (Wildman–Crippen MR) is 69.2 cm³/mol. The smallest absolute Gasteiger partial charge is 0.335 e. The van der Waals surface area contributed by atoms with Crippen molar-refractivity contribution in [3.8, 4) is 17.0 Å². The Balaban J connectivity index is 2.58. The Labute approximate surface area is 110 Å². The molecule has 0 atom stereocenters. The first-order chi connectivity index (χ1) is 9.02. The number of benzene rings is 1. The first kappa shape index (κ1) is 13.0. The lowest BCUT2D eigenvalue weighted by atomic mass is 10.1. The van der Waals surface area contributed by atoms with Crippen molar-refractivity contribution in [3.63, 3.8) is 0 Å². The molecule has 19 heavy (non-hydrogen) atoms. The van der Waals surface area contributed by atoms with Crippen molar-refractivity contribution in [3.05, 3.63) is 48.4 Å². The molecule has 1 aromatic heterocycles. The number of carbonyl (C=O) groups is 1. The number of esters is 1. The minimum absolute atomic E-state index is 0.146. The van der Waals surface area contributed by atoms with Gasteiger partial charge >= 0.3 is 5.97 Å². The maximum absolute atomic E-state index is 14.0. The van der Waals surface area contributed by atoms with E-state index in [9.17, 15) is 9.18 Å². The third-order valence-electron chi connectivity index (χ3n) is 2.61. The number of halogens is 1. The molecule has 0 N–H and O–H groups in total. The molecule has 2 aromatic rings. The Kier molecular flexibility index (Phi) is 3.46. The number of rotatable bonds is 3. The van der Waals surface area contributed by atoms with Crippen LogP contribution in [-0.2, 0) is 11.8 Å². The van der Waals surface area contributed by atoms with Crippen LogP contribution in [0.4, 0.5) is 4.39 Å². The molecule has 0 aliphatic heterocycles. The van der Waals surface area contributed by atoms with E-state index in [2.05, 4.69) is 11.7 Å². The van der Waals surface area contributed by atoms with Gasteiger partial charge in [-0.1, -0.05) is 12.6 Å². The molecule has 2 rings (SSSR count). The molecular weight excluding hydrogens is 247 g/mol. The zero-order chi connectivity index (χ0) is 14.0. The monoisotopic (exact) mass is 260 g/mol. The molecule has 0 bridgehead atoms. The average Bonchev–Trinajstić information content (AvgIpc) is 2.68. The molecule has 5 heteroatoms. The van der Waals surface area contributed by atoms with Crippen LogP contribution in [0, 0.1) is 12.7 Å². The summed E-state index contributed by atoms with van der Waals surface area (Å²) in [6, 6.07) is 6.04. The minimum Gasteiger partial charge on any atom is -0.423 e. The van der Waals surface area contributed by atoms with E-state index in [0.717, 1.165) is 11.8 Å². The summed E-state index contributed by atoms with van der Waals surface area (Å²) in [4.78, 5) is 11.3. The topological polar surface area (TPSA) is 44.1 Å². The summed E-state index contributed by atoms with van der Waals surface area (Å²) in [5.74, 6) is -0.962. The third-order valence-corrected chi connectivity index (χ3v) is 2.61. The highest BCUT2D eigenvalue weighted by molar-refractivity contribution is 5.85. The fourth-order valence-corrected chi connectivity index (χ4v) is 1.83. The second-order valence-electron chi connectivity index (χ2n) is 4.03. The number of hydrogen-bond donors (Lipinski definition) is 0. The van der Waals surface area contributed by atoms with E-state index in [0.29, 0.717) is 5.69 Å². The summed E-state index contributed by atoms with van der Waals surface area (Å²) < 4.78 is 20.6. The van der Waals surface area contributed by atoms with Crippen LogP contribution in [0.15, 0.2) is 36.9 Å². The highest BCUT2D eigenvalue weighted by Crippen LogP contribution is 2.32. The lowest BCUT2D eigenvalue weighted by Crippen LogP contribution is -2.06. The number of aromatic nitrogens is 2. The van der Waals surface area contributed by atoms with E-state index >= 15 is 0 Å². The van der Waals surface area contributed by atoms with E-state index < -0.39 is 11.8 Å². The van der Waals surface area contributed by atoms with Crippen molar-refractivity contribution in [2.45, 2.75) is 6.92 Å². The Hall–Kier alpha value is -2.43. The number of hydrogen-bond acceptors (Lipinski definition) is 3. The van der Waals surface area contributed by atoms with Gasteiger partial charge in [0.2, 0.25) is 0 Å². The van der Waals surface area contributed by atoms with Gasteiger partial charge in [-0.05, 0) is 25.1 Å². The molecule has 0 spiro atoms. The van der Waals surface area contributed by atoms with Gasteiger partial charge in [-0.3, -0.25) is 4.68 Å². The Morgan fingerprint density at radius 2 is 2.26 bits per heavy atom. The second-order valence-corrected chi connectivity index (χ2v) is 4.03. The summed E-state index contributed by atoms with van der Waals surface area (Å²) in [6.07, 6.45) is 1.03. The first-order valence-corrected chi connectivity index (χ1v) is 5.66. The summed E-state index contributed by atoms with van der Waals surface area (Å²) in [5, 5.41) is 4.16. The van der Waals surface area contributed by atoms with Crippen molar-refractivity contribution in [1.82, 2.24) is 9.78 Å². The molecule has 0 aliphatic carbocycles. The van der Waals surface area contributed by atoms with Gasteiger partial charge in [0.25, 0.3) is 0 Å². The first-order valence-electron chi connectivity index (χ1n) is 5.66. The quantitative estimate of drug-likeness (QED) is 0.484. The molecular formula is C14H13FN2O2. The van der Waals surface area contributed by atoms with E-state index in [1.165, 1.54) is 18.2 Å². The molecule has 0 fully saturated rings. The van der Waals surface area contributed by atoms with Crippen molar-refractivity contribution in [2.75, 3.05) is 0 Å². The van der Waals surface area contributed by atoms with E-state index in [1.54, 1.807) is 24.7 Å². The SMILES string of the molecule is C=CC(=O)Oc1cccc(F)c1-c1cc(C)nn1C. The standard InChI is InChI=1S/C14H13FN2O2/c1-4-13(18)19-12-7-5-6-10(15)14(12)11-8-9(2)16-17(11)3/h4-8H,1H2,2-3H3. The Bertz CT molecular complexity index is 647. The summed E-state index contributed by atoms with van der Waals surface area (Å²) in [6.45, 7) is 5.12. The van der Waals surface area contributed by atoms with E-state index in [-0.39, 0.29) is 11.3 Å². The molecule has 0 saturated heterocycles. The van der Waals surface area contributed by atoms with Crippen molar-refractivity contribution >= 4 is 5.97 Å². The molecule has 4 nitrogen and oxygen atoms in total. The minimum atomic E-state index is -0.634. The molecule has 98 valence electrons. The van der Waals surface area contributed by atoms with Crippen molar-refractivity contribution in [1.29, 1.82) is 0 Å². The van der Waals surface area contributed by atoms with E-state index in [4.69, 9.17) is 4.74 Å². The van der Waals surface area contributed by atoms with Crippen LogP contribution in [0.5, 0.6) is 5.75 Å². The zero-order valence-corrected chi connectivity index (χ0v) is 10.7. The fourth-order valence-electron chi connectivity index (χ4n) is 1.83. The lowest BCUT2D eigenvalue weighted by Gasteiger charge is -2.10. The molecule has 0 saturated carbocycles. The van der Waals surface area contributed by atoms with Gasteiger partial charge in [-0.25, -0.2) is 9.18 Å². The van der Waals surface area contributed by atoms with Crippen LogP contribution in [-0.4, -0.2) is 15.7 Å². The van der Waals surface area contributed by atoms with Crippen molar-refractivity contribution in [2.24, 2.45) is 7.05 Å². The normalized spacial score (nSPS) is 10.3. The fraction of sp³-hybridized carbons (Fsp3) is 0.143. The average molecular weight is 260 g/mol. The van der Waals surface area contributed by atoms with Crippen LogP contribution in [0.3, 0.4) is 0 Å². The molecule has 0 aliphatic rings. The number of nitrogens with zero attached hydrogens (tertiary/aromatic N) is 2. The maximum atomic E-state index is 14.0. The summed E-state index contributed by atoms with van der Waals surface area (Å²) in [5.41, 5.74) is 1.50. The Morgan fingerprint density at radius 1 is 1.53 bits per heavy atom. The van der Waals surface area contributed by atoms with Crippen LogP contribution < -0.4 is 4.74 Å². The van der Waals surface area contributed by atoms with Crippen molar-refractivity contribution < 1.29 is 13.9 Å². The molecule has 0 unspecified atom stereocenters. The van der Waals surface area contributed by atoms with Crippen LogP contribution >= 0.6 is 0 Å². The Morgan fingerprint density at radius 3 is 2.84 bits per heavy atom. The largest absolute Gasteiger partial charge is 0.423 e.